The zero-order valence-corrected chi connectivity index (χ0v) is 14.9. The molecule has 0 saturated carbocycles. The zero-order valence-electron chi connectivity index (χ0n) is 14.9. The molecule has 28 heavy (non-hydrogen) atoms. The Labute approximate surface area is 159 Å². The molecule has 1 N–H and O–H groups in total. The predicted molar refractivity (Wildman–Crippen MR) is 97.2 cm³/mol. The van der Waals surface area contributed by atoms with Crippen molar-refractivity contribution in [1.82, 2.24) is 5.32 Å². The van der Waals surface area contributed by atoms with E-state index in [1.54, 1.807) is 24.3 Å². The highest BCUT2D eigenvalue weighted by molar-refractivity contribution is 5.90. The SMILES string of the molecule is C[C@@H](OC(=O)c1ccc(-c2ccccc2F)o1)C(=O)NCc1ccc(F)cc1. The Morgan fingerprint density at radius 1 is 1.04 bits per heavy atom. The summed E-state index contributed by atoms with van der Waals surface area (Å²) in [4.78, 5) is 24.2. The van der Waals surface area contributed by atoms with Crippen LogP contribution in [0, 0.1) is 11.6 Å². The number of rotatable bonds is 6. The fraction of sp³-hybridized carbons (Fsp3) is 0.143. The lowest BCUT2D eigenvalue weighted by Gasteiger charge is -2.12. The van der Waals surface area contributed by atoms with E-state index in [2.05, 4.69) is 5.32 Å². The number of hydrogen-bond acceptors (Lipinski definition) is 4. The molecule has 1 aromatic heterocycles. The van der Waals surface area contributed by atoms with E-state index >= 15 is 0 Å². The second kappa shape index (κ2) is 8.47. The van der Waals surface area contributed by atoms with Gasteiger partial charge in [0.1, 0.15) is 17.4 Å². The van der Waals surface area contributed by atoms with Gasteiger partial charge in [-0.25, -0.2) is 13.6 Å². The van der Waals surface area contributed by atoms with Gasteiger partial charge in [0.25, 0.3) is 5.91 Å². The molecule has 3 rings (SSSR count). The summed E-state index contributed by atoms with van der Waals surface area (Å²) in [6.07, 6.45) is -1.07. The van der Waals surface area contributed by atoms with Crippen LogP contribution in [0.5, 0.6) is 0 Å². The molecule has 0 aliphatic heterocycles. The van der Waals surface area contributed by atoms with Crippen molar-refractivity contribution in [2.45, 2.75) is 19.6 Å². The van der Waals surface area contributed by atoms with Gasteiger partial charge in [-0.05, 0) is 48.9 Å². The van der Waals surface area contributed by atoms with Gasteiger partial charge in [0.2, 0.25) is 5.76 Å². The van der Waals surface area contributed by atoms with Crippen LogP contribution in [-0.4, -0.2) is 18.0 Å². The highest BCUT2D eigenvalue weighted by Gasteiger charge is 2.21. The molecule has 0 fully saturated rings. The molecular weight excluding hydrogens is 368 g/mol. The van der Waals surface area contributed by atoms with Crippen molar-refractivity contribution in [3.8, 4) is 11.3 Å². The van der Waals surface area contributed by atoms with Gasteiger partial charge in [-0.3, -0.25) is 4.79 Å². The summed E-state index contributed by atoms with van der Waals surface area (Å²) in [5.74, 6) is -2.17. The molecule has 0 spiro atoms. The van der Waals surface area contributed by atoms with Crippen molar-refractivity contribution in [3.63, 3.8) is 0 Å². The number of esters is 1. The molecule has 0 saturated heterocycles. The number of halogens is 2. The minimum absolute atomic E-state index is 0.142. The monoisotopic (exact) mass is 385 g/mol. The number of carbonyl (C=O) groups is 2. The van der Waals surface area contributed by atoms with Crippen molar-refractivity contribution in [1.29, 1.82) is 0 Å². The van der Waals surface area contributed by atoms with E-state index in [1.807, 2.05) is 0 Å². The summed E-state index contributed by atoms with van der Waals surface area (Å²) in [6, 6.07) is 14.5. The highest BCUT2D eigenvalue weighted by atomic mass is 19.1. The summed E-state index contributed by atoms with van der Waals surface area (Å²) in [7, 11) is 0. The standard InChI is InChI=1S/C21H17F2NO4/c1-13(20(25)24-12-14-6-8-15(22)9-7-14)27-21(26)19-11-10-18(28-19)16-4-2-3-5-17(16)23/h2-11,13H,12H2,1H3,(H,24,25)/t13-/m1/s1. The predicted octanol–water partition coefficient (Wildman–Crippen LogP) is 4.09. The van der Waals surface area contributed by atoms with E-state index in [-0.39, 0.29) is 29.4 Å². The maximum atomic E-state index is 13.8. The van der Waals surface area contributed by atoms with Crippen LogP contribution < -0.4 is 5.32 Å². The van der Waals surface area contributed by atoms with Crippen molar-refractivity contribution >= 4 is 11.9 Å². The Kier molecular flexibility index (Phi) is 5.84. The molecule has 0 aliphatic rings. The number of amides is 1. The third kappa shape index (κ3) is 4.62. The number of carbonyl (C=O) groups excluding carboxylic acids is 2. The van der Waals surface area contributed by atoms with E-state index in [0.29, 0.717) is 5.56 Å². The number of nitrogens with one attached hydrogen (secondary N) is 1. The first kappa shape index (κ1) is 19.3. The Bertz CT molecular complexity index is 982. The number of hydrogen-bond donors (Lipinski definition) is 1. The van der Waals surface area contributed by atoms with Crippen LogP contribution in [0.3, 0.4) is 0 Å². The Balaban J connectivity index is 1.57. The van der Waals surface area contributed by atoms with E-state index in [9.17, 15) is 18.4 Å². The van der Waals surface area contributed by atoms with E-state index in [4.69, 9.17) is 9.15 Å². The molecule has 3 aromatic rings. The van der Waals surface area contributed by atoms with Crippen LogP contribution in [0.1, 0.15) is 23.0 Å². The van der Waals surface area contributed by atoms with E-state index < -0.39 is 23.8 Å². The van der Waals surface area contributed by atoms with E-state index in [0.717, 1.165) is 0 Å². The minimum Gasteiger partial charge on any atom is -0.449 e. The van der Waals surface area contributed by atoms with Gasteiger partial charge >= 0.3 is 5.97 Å². The summed E-state index contributed by atoms with van der Waals surface area (Å²) >= 11 is 0. The third-order valence-corrected chi connectivity index (χ3v) is 3.98. The van der Waals surface area contributed by atoms with Gasteiger partial charge in [0.15, 0.2) is 6.10 Å². The number of furan rings is 1. The molecule has 0 aliphatic carbocycles. The number of ether oxygens (including phenoxy) is 1. The van der Waals surface area contributed by atoms with Crippen LogP contribution in [-0.2, 0) is 16.1 Å². The molecule has 5 nitrogen and oxygen atoms in total. The normalized spacial score (nSPS) is 11.7. The average Bonchev–Trinajstić information content (AvgIpc) is 3.17. The minimum atomic E-state index is -1.07. The van der Waals surface area contributed by atoms with Crippen molar-refractivity contribution < 1.29 is 27.5 Å². The molecule has 1 amide bonds. The smallest absolute Gasteiger partial charge is 0.375 e. The van der Waals surface area contributed by atoms with Crippen molar-refractivity contribution in [3.05, 3.63) is 83.6 Å². The molecule has 7 heteroatoms. The second-order valence-electron chi connectivity index (χ2n) is 6.04. The lowest BCUT2D eigenvalue weighted by Crippen LogP contribution is -2.35. The van der Waals surface area contributed by atoms with Gasteiger partial charge in [0.05, 0.1) is 5.56 Å². The molecule has 1 atom stereocenters. The van der Waals surface area contributed by atoms with Crippen LogP contribution in [0.4, 0.5) is 8.78 Å². The van der Waals surface area contributed by atoms with Gasteiger partial charge in [-0.2, -0.15) is 0 Å². The summed E-state index contributed by atoms with van der Waals surface area (Å²) in [5, 5.41) is 2.59. The van der Waals surface area contributed by atoms with Crippen LogP contribution >= 0.6 is 0 Å². The lowest BCUT2D eigenvalue weighted by molar-refractivity contribution is -0.129. The average molecular weight is 385 g/mol. The van der Waals surface area contributed by atoms with Crippen molar-refractivity contribution in [2.75, 3.05) is 0 Å². The zero-order chi connectivity index (χ0) is 20.1. The largest absolute Gasteiger partial charge is 0.449 e. The Hall–Kier alpha value is -3.48. The van der Waals surface area contributed by atoms with Crippen LogP contribution in [0.25, 0.3) is 11.3 Å². The molecule has 0 bridgehead atoms. The van der Waals surface area contributed by atoms with Crippen LogP contribution in [0.15, 0.2) is 65.1 Å². The molecular formula is C21H17F2NO4. The van der Waals surface area contributed by atoms with Gasteiger partial charge < -0.3 is 14.5 Å². The summed E-state index contributed by atoms with van der Waals surface area (Å²) < 4.78 is 37.1. The van der Waals surface area contributed by atoms with Gasteiger partial charge in [0, 0.05) is 6.54 Å². The topological polar surface area (TPSA) is 68.5 Å². The Morgan fingerprint density at radius 2 is 1.75 bits per heavy atom. The van der Waals surface area contributed by atoms with Crippen molar-refractivity contribution in [2.24, 2.45) is 0 Å². The third-order valence-electron chi connectivity index (χ3n) is 3.98. The van der Waals surface area contributed by atoms with Gasteiger partial charge in [-0.15, -0.1) is 0 Å². The first-order valence-corrected chi connectivity index (χ1v) is 8.52. The maximum absolute atomic E-state index is 13.8. The fourth-order valence-corrected chi connectivity index (χ4v) is 2.46. The first-order chi connectivity index (χ1) is 13.4. The first-order valence-electron chi connectivity index (χ1n) is 8.52. The molecule has 144 valence electrons. The fourth-order valence-electron chi connectivity index (χ4n) is 2.46. The van der Waals surface area contributed by atoms with Gasteiger partial charge in [-0.1, -0.05) is 24.3 Å². The quantitative estimate of drug-likeness (QED) is 0.649. The lowest BCUT2D eigenvalue weighted by atomic mass is 10.1. The highest BCUT2D eigenvalue weighted by Crippen LogP contribution is 2.25. The molecule has 1 heterocycles. The van der Waals surface area contributed by atoms with Crippen LogP contribution in [0.2, 0.25) is 0 Å². The number of benzene rings is 2. The molecule has 0 radical (unpaired) electrons. The summed E-state index contributed by atoms with van der Waals surface area (Å²) in [6.45, 7) is 1.58. The maximum Gasteiger partial charge on any atom is 0.375 e. The molecule has 0 unspecified atom stereocenters. The second-order valence-corrected chi connectivity index (χ2v) is 6.04. The van der Waals surface area contributed by atoms with E-state index in [1.165, 1.54) is 43.3 Å². The Morgan fingerprint density at radius 3 is 2.46 bits per heavy atom. The summed E-state index contributed by atoms with van der Waals surface area (Å²) in [5.41, 5.74) is 0.917. The molecule has 2 aromatic carbocycles.